The first-order valence-electron chi connectivity index (χ1n) is 15.4. The number of carbonyl (C=O) groups excluding carboxylic acids is 2. The highest BCUT2D eigenvalue weighted by Crippen LogP contribution is 2.26. The molecule has 1 atom stereocenters. The predicted octanol–water partition coefficient (Wildman–Crippen LogP) is 6.59. The summed E-state index contributed by atoms with van der Waals surface area (Å²) < 4.78 is 27.0. The van der Waals surface area contributed by atoms with E-state index >= 15 is 0 Å². The van der Waals surface area contributed by atoms with E-state index in [2.05, 4.69) is 5.32 Å². The first-order chi connectivity index (χ1) is 21.0. The Labute approximate surface area is 267 Å². The van der Waals surface area contributed by atoms with E-state index in [0.717, 1.165) is 47.9 Å². The van der Waals surface area contributed by atoms with Gasteiger partial charge in [0, 0.05) is 37.0 Å². The van der Waals surface area contributed by atoms with Gasteiger partial charge in [0.2, 0.25) is 21.8 Å². The molecular formula is C35H44ClN3O4S. The minimum absolute atomic E-state index is 0.0828. The molecule has 0 unspecified atom stereocenters. The number of anilines is 1. The summed E-state index contributed by atoms with van der Waals surface area (Å²) in [6.45, 7) is 4.21. The minimum atomic E-state index is -3.59. The largest absolute Gasteiger partial charge is 0.352 e. The van der Waals surface area contributed by atoms with Crippen molar-refractivity contribution in [2.75, 3.05) is 17.1 Å². The normalized spacial score (nSPS) is 14.5. The van der Waals surface area contributed by atoms with Crippen LogP contribution in [-0.4, -0.2) is 50.0 Å². The smallest absolute Gasteiger partial charge is 0.243 e. The molecule has 1 fully saturated rings. The van der Waals surface area contributed by atoms with Crippen LogP contribution in [0.4, 0.5) is 5.69 Å². The summed E-state index contributed by atoms with van der Waals surface area (Å²) in [6.07, 6.45) is 7.14. The third-order valence-corrected chi connectivity index (χ3v) is 9.88. The van der Waals surface area contributed by atoms with Gasteiger partial charge in [0.15, 0.2) is 0 Å². The fourth-order valence-corrected chi connectivity index (χ4v) is 7.15. The Morgan fingerprint density at radius 2 is 1.61 bits per heavy atom. The number of amides is 2. The molecular weight excluding hydrogens is 594 g/mol. The van der Waals surface area contributed by atoms with E-state index in [4.69, 9.17) is 11.6 Å². The Morgan fingerprint density at radius 1 is 0.932 bits per heavy atom. The van der Waals surface area contributed by atoms with Gasteiger partial charge in [-0.25, -0.2) is 8.42 Å². The number of rotatable bonds is 13. The Kier molecular flexibility index (Phi) is 11.9. The van der Waals surface area contributed by atoms with Gasteiger partial charge >= 0.3 is 0 Å². The standard InChI is InChI=1S/C35H44ClN3O4S/c1-26-13-10-20-32(27(26)2)39(44(3,42)43)22-12-21-34(40)38(25-29-16-11-17-30(36)23-29)33(24-28-14-6-4-7-15-28)35(41)37-31-18-8-5-9-19-31/h4,6-7,10-11,13-17,20,23,31,33H,5,8-9,12,18-19,21-22,24-25H2,1-3H3,(H,37,41)/t33-/m0/s1. The van der Waals surface area contributed by atoms with E-state index in [-0.39, 0.29) is 37.4 Å². The average Bonchev–Trinajstić information content (AvgIpc) is 2.99. The third kappa shape index (κ3) is 9.32. The Hall–Kier alpha value is -3.36. The van der Waals surface area contributed by atoms with Crippen molar-refractivity contribution in [1.29, 1.82) is 0 Å². The zero-order valence-corrected chi connectivity index (χ0v) is 27.5. The molecule has 4 rings (SSSR count). The molecule has 1 N–H and O–H groups in total. The molecule has 1 aliphatic carbocycles. The quantitative estimate of drug-likeness (QED) is 0.229. The van der Waals surface area contributed by atoms with E-state index in [0.29, 0.717) is 23.6 Å². The molecule has 0 radical (unpaired) electrons. The van der Waals surface area contributed by atoms with Crippen molar-refractivity contribution in [1.82, 2.24) is 10.2 Å². The Bertz CT molecular complexity index is 1520. The predicted molar refractivity (Wildman–Crippen MR) is 178 cm³/mol. The third-order valence-electron chi connectivity index (χ3n) is 8.46. The topological polar surface area (TPSA) is 86.8 Å². The van der Waals surface area contributed by atoms with Crippen LogP contribution in [0.15, 0.2) is 72.8 Å². The molecule has 2 amide bonds. The minimum Gasteiger partial charge on any atom is -0.352 e. The van der Waals surface area contributed by atoms with Crippen LogP contribution in [-0.2, 0) is 32.6 Å². The van der Waals surface area contributed by atoms with Crippen molar-refractivity contribution >= 4 is 39.1 Å². The molecule has 0 aliphatic heterocycles. The SMILES string of the molecule is Cc1cccc(N(CCCC(=O)N(Cc2cccc(Cl)c2)[C@@H](Cc2ccccc2)C(=O)NC2CCCCC2)S(C)(=O)=O)c1C. The summed E-state index contributed by atoms with van der Waals surface area (Å²) in [4.78, 5) is 29.7. The fraction of sp³-hybridized carbons (Fsp3) is 0.429. The number of nitrogens with one attached hydrogen (secondary N) is 1. The van der Waals surface area contributed by atoms with E-state index in [1.54, 1.807) is 17.0 Å². The first-order valence-corrected chi connectivity index (χ1v) is 17.7. The van der Waals surface area contributed by atoms with Gasteiger partial charge in [-0.15, -0.1) is 0 Å². The number of hydrogen-bond acceptors (Lipinski definition) is 4. The van der Waals surface area contributed by atoms with Gasteiger partial charge in [0.05, 0.1) is 11.9 Å². The lowest BCUT2D eigenvalue weighted by Crippen LogP contribution is -2.52. The molecule has 3 aromatic rings. The van der Waals surface area contributed by atoms with Crippen molar-refractivity contribution in [3.05, 3.63) is 100 Å². The maximum Gasteiger partial charge on any atom is 0.243 e. The lowest BCUT2D eigenvalue weighted by Gasteiger charge is -2.34. The van der Waals surface area contributed by atoms with E-state index < -0.39 is 16.1 Å². The van der Waals surface area contributed by atoms with Crippen LogP contribution >= 0.6 is 11.6 Å². The van der Waals surface area contributed by atoms with Gasteiger partial charge in [0.1, 0.15) is 6.04 Å². The van der Waals surface area contributed by atoms with Crippen LogP contribution in [0.1, 0.15) is 67.2 Å². The summed E-state index contributed by atoms with van der Waals surface area (Å²) >= 11 is 6.31. The van der Waals surface area contributed by atoms with Crippen LogP contribution in [0.2, 0.25) is 5.02 Å². The molecule has 7 nitrogen and oxygen atoms in total. The number of carbonyl (C=O) groups is 2. The molecule has 0 spiro atoms. The van der Waals surface area contributed by atoms with Crippen LogP contribution in [0.25, 0.3) is 0 Å². The average molecular weight is 638 g/mol. The highest BCUT2D eigenvalue weighted by Gasteiger charge is 2.32. The van der Waals surface area contributed by atoms with E-state index in [1.165, 1.54) is 17.0 Å². The van der Waals surface area contributed by atoms with Crippen LogP contribution in [0.3, 0.4) is 0 Å². The maximum atomic E-state index is 14.1. The molecule has 236 valence electrons. The van der Waals surface area contributed by atoms with Gasteiger partial charge in [-0.1, -0.05) is 85.5 Å². The van der Waals surface area contributed by atoms with Crippen molar-refractivity contribution in [3.8, 4) is 0 Å². The molecule has 0 saturated heterocycles. The van der Waals surface area contributed by atoms with Gasteiger partial charge in [0.25, 0.3) is 0 Å². The van der Waals surface area contributed by atoms with Crippen LogP contribution in [0, 0.1) is 13.8 Å². The lowest BCUT2D eigenvalue weighted by molar-refractivity contribution is -0.141. The van der Waals surface area contributed by atoms with Gasteiger partial charge in [-0.05, 0) is 73.6 Å². The zero-order valence-electron chi connectivity index (χ0n) is 26.0. The maximum absolute atomic E-state index is 14.1. The summed E-state index contributed by atoms with van der Waals surface area (Å²) in [5.74, 6) is -0.372. The number of hydrogen-bond donors (Lipinski definition) is 1. The number of benzene rings is 3. The summed E-state index contributed by atoms with van der Waals surface area (Å²) in [7, 11) is -3.59. The monoisotopic (exact) mass is 637 g/mol. The summed E-state index contributed by atoms with van der Waals surface area (Å²) in [5, 5.41) is 3.81. The zero-order chi connectivity index (χ0) is 31.7. The second kappa shape index (κ2) is 15.6. The number of aryl methyl sites for hydroxylation is 1. The molecule has 44 heavy (non-hydrogen) atoms. The van der Waals surface area contributed by atoms with E-state index in [9.17, 15) is 18.0 Å². The lowest BCUT2D eigenvalue weighted by atomic mass is 9.94. The fourth-order valence-electron chi connectivity index (χ4n) is 5.92. The summed E-state index contributed by atoms with van der Waals surface area (Å²) in [5.41, 5.74) is 4.27. The molecule has 1 aliphatic rings. The second-order valence-electron chi connectivity index (χ2n) is 11.9. The van der Waals surface area contributed by atoms with E-state index in [1.807, 2.05) is 74.5 Å². The molecule has 3 aromatic carbocycles. The highest BCUT2D eigenvalue weighted by atomic mass is 35.5. The van der Waals surface area contributed by atoms with Crippen molar-refractivity contribution in [3.63, 3.8) is 0 Å². The van der Waals surface area contributed by atoms with Gasteiger partial charge in [-0.3, -0.25) is 13.9 Å². The number of sulfonamides is 1. The molecule has 9 heteroatoms. The van der Waals surface area contributed by atoms with Gasteiger partial charge < -0.3 is 10.2 Å². The molecule has 1 saturated carbocycles. The van der Waals surface area contributed by atoms with Crippen LogP contribution < -0.4 is 9.62 Å². The van der Waals surface area contributed by atoms with Crippen molar-refractivity contribution < 1.29 is 18.0 Å². The Morgan fingerprint density at radius 3 is 2.30 bits per heavy atom. The number of nitrogens with zero attached hydrogens (tertiary/aromatic N) is 2. The molecule has 0 bridgehead atoms. The van der Waals surface area contributed by atoms with Crippen LogP contribution in [0.5, 0.6) is 0 Å². The van der Waals surface area contributed by atoms with Crippen molar-refractivity contribution in [2.45, 2.75) is 83.8 Å². The second-order valence-corrected chi connectivity index (χ2v) is 14.2. The first kappa shape index (κ1) is 33.5. The molecule has 0 aromatic heterocycles. The number of halogens is 1. The summed E-state index contributed by atoms with van der Waals surface area (Å²) in [6, 6.07) is 22.0. The highest BCUT2D eigenvalue weighted by molar-refractivity contribution is 7.92. The van der Waals surface area contributed by atoms with Gasteiger partial charge in [-0.2, -0.15) is 0 Å². The Balaban J connectivity index is 1.60. The molecule has 0 heterocycles. The van der Waals surface area contributed by atoms with Crippen molar-refractivity contribution in [2.24, 2.45) is 0 Å².